The number of alkyl halides is 2. The van der Waals surface area contributed by atoms with E-state index in [2.05, 4.69) is 10.3 Å². The van der Waals surface area contributed by atoms with Crippen LogP contribution < -0.4 is 15.7 Å². The molecule has 0 spiro atoms. The summed E-state index contributed by atoms with van der Waals surface area (Å²) in [4.78, 5) is 18.2. The molecular formula is C39H47F2N3O5. The van der Waals surface area contributed by atoms with E-state index >= 15 is 8.78 Å². The third-order valence-corrected chi connectivity index (χ3v) is 9.18. The Morgan fingerprint density at radius 1 is 0.918 bits per heavy atom. The summed E-state index contributed by atoms with van der Waals surface area (Å²) in [7, 11) is 1.61. The van der Waals surface area contributed by atoms with Gasteiger partial charge < -0.3 is 24.3 Å². The van der Waals surface area contributed by atoms with Gasteiger partial charge in [0.15, 0.2) is 18.0 Å². The van der Waals surface area contributed by atoms with Crippen LogP contribution in [0, 0.1) is 0 Å². The first-order valence-electron chi connectivity index (χ1n) is 17.1. The van der Waals surface area contributed by atoms with Crippen molar-refractivity contribution in [2.75, 3.05) is 32.2 Å². The number of methoxy groups -OCH3 is 1. The molecule has 4 aromatic rings. The molecule has 0 amide bonds. The van der Waals surface area contributed by atoms with Crippen LogP contribution >= 0.6 is 0 Å². The van der Waals surface area contributed by atoms with Crippen LogP contribution in [0.5, 0.6) is 5.75 Å². The number of halogens is 2. The lowest BCUT2D eigenvalue weighted by Crippen LogP contribution is -2.54. The number of ether oxygens (including phenoxy) is 4. The number of rotatable bonds is 17. The molecule has 0 aliphatic carbocycles. The molecule has 49 heavy (non-hydrogen) atoms. The highest BCUT2D eigenvalue weighted by molar-refractivity contribution is 5.58. The summed E-state index contributed by atoms with van der Waals surface area (Å²) in [5.74, 6) is 0.949. The summed E-state index contributed by atoms with van der Waals surface area (Å²) in [6.07, 6.45) is -1.67. The molecule has 0 radical (unpaired) electrons. The average molecular weight is 676 g/mol. The fraction of sp³-hybridized carbons (Fsp3) is 0.436. The highest BCUT2D eigenvalue weighted by atomic mass is 19.1. The second-order valence-electron chi connectivity index (χ2n) is 12.4. The summed E-state index contributed by atoms with van der Waals surface area (Å²) in [6, 6.07) is 29.0. The van der Waals surface area contributed by atoms with Gasteiger partial charge in [0.2, 0.25) is 0 Å². The first-order valence-corrected chi connectivity index (χ1v) is 17.1. The van der Waals surface area contributed by atoms with Gasteiger partial charge in [0.1, 0.15) is 29.4 Å². The molecule has 1 aliphatic heterocycles. The summed E-state index contributed by atoms with van der Waals surface area (Å²) >= 11 is 0. The number of nitrogens with one attached hydrogen (secondary N) is 1. The maximum absolute atomic E-state index is 16.4. The normalized spacial score (nSPS) is 21.4. The smallest absolute Gasteiger partial charge is 0.351 e. The molecule has 10 heteroatoms. The van der Waals surface area contributed by atoms with Crippen LogP contribution in [0.25, 0.3) is 0 Å². The Kier molecular flexibility index (Phi) is 12.2. The van der Waals surface area contributed by atoms with Crippen molar-refractivity contribution >= 4 is 5.82 Å². The van der Waals surface area contributed by atoms with Gasteiger partial charge in [-0.15, -0.1) is 0 Å². The van der Waals surface area contributed by atoms with Crippen molar-refractivity contribution in [1.29, 1.82) is 0 Å². The minimum Gasteiger partial charge on any atom is -0.497 e. The fourth-order valence-corrected chi connectivity index (χ4v) is 6.40. The Bertz CT molecular complexity index is 1620. The zero-order valence-electron chi connectivity index (χ0n) is 28.7. The highest BCUT2D eigenvalue weighted by Gasteiger charge is 2.61. The lowest BCUT2D eigenvalue weighted by molar-refractivity contribution is -0.181. The Balaban J connectivity index is 1.54. The van der Waals surface area contributed by atoms with E-state index in [0.29, 0.717) is 18.8 Å². The van der Waals surface area contributed by atoms with Gasteiger partial charge in [-0.05, 0) is 54.7 Å². The number of aromatic nitrogens is 2. The lowest BCUT2D eigenvalue weighted by atomic mass is 9.77. The minimum absolute atomic E-state index is 0.210. The Labute approximate surface area is 287 Å². The van der Waals surface area contributed by atoms with Crippen molar-refractivity contribution in [3.05, 3.63) is 124 Å². The van der Waals surface area contributed by atoms with Gasteiger partial charge in [-0.2, -0.15) is 4.98 Å². The first-order chi connectivity index (χ1) is 23.8. The number of hydrogen-bond donors (Lipinski definition) is 1. The standard InChI is InChI=1S/C39H47F2N3O5/c1-5-7-25-47-27-38(28(3)40)35(48-26-8-6-2)34(41)36(49-38)44-24-23-33(42-37(44)45)43-39(29-15-11-9-12-16-29,30-17-13-10-14-18-30)31-19-21-32(46-4)22-20-31/h9-24,28,34-36H,5-8,25-27H2,1-4H3,(H,42,43,45)/t28?,34?,35-,36+,38-/m0/s1. The van der Waals surface area contributed by atoms with E-state index < -0.39 is 41.5 Å². The van der Waals surface area contributed by atoms with Crippen LogP contribution in [0.4, 0.5) is 14.6 Å². The fourth-order valence-electron chi connectivity index (χ4n) is 6.40. The molecule has 1 N–H and O–H groups in total. The van der Waals surface area contributed by atoms with Gasteiger partial charge in [0.05, 0.1) is 13.7 Å². The molecule has 0 saturated carbocycles. The van der Waals surface area contributed by atoms with Gasteiger partial charge in [0.25, 0.3) is 0 Å². The number of anilines is 1. The van der Waals surface area contributed by atoms with E-state index in [1.807, 2.05) is 98.8 Å². The van der Waals surface area contributed by atoms with Crippen molar-refractivity contribution in [3.8, 4) is 5.75 Å². The quantitative estimate of drug-likeness (QED) is 0.0911. The maximum Gasteiger partial charge on any atom is 0.351 e. The number of nitrogens with zero attached hydrogens (tertiary/aromatic N) is 2. The van der Waals surface area contributed by atoms with E-state index in [9.17, 15) is 4.79 Å². The van der Waals surface area contributed by atoms with E-state index in [0.717, 1.165) is 40.5 Å². The van der Waals surface area contributed by atoms with Crippen LogP contribution in [0.2, 0.25) is 0 Å². The lowest BCUT2D eigenvalue weighted by Gasteiger charge is -2.37. The highest BCUT2D eigenvalue weighted by Crippen LogP contribution is 2.44. The molecule has 1 saturated heterocycles. The number of unbranched alkanes of at least 4 members (excludes halogenated alkanes) is 2. The molecule has 3 aromatic carbocycles. The van der Waals surface area contributed by atoms with Crippen LogP contribution in [0.3, 0.4) is 0 Å². The van der Waals surface area contributed by atoms with Crippen LogP contribution in [-0.2, 0) is 19.7 Å². The number of benzene rings is 3. The zero-order chi connectivity index (χ0) is 34.9. The van der Waals surface area contributed by atoms with E-state index in [1.54, 1.807) is 13.2 Å². The van der Waals surface area contributed by atoms with Gasteiger partial charge in [-0.25, -0.2) is 13.6 Å². The largest absolute Gasteiger partial charge is 0.497 e. The summed E-state index contributed by atoms with van der Waals surface area (Å²) in [6.45, 7) is 5.71. The third-order valence-electron chi connectivity index (χ3n) is 9.18. The molecule has 1 fully saturated rings. The Morgan fingerprint density at radius 2 is 1.51 bits per heavy atom. The molecule has 2 heterocycles. The molecular weight excluding hydrogens is 628 g/mol. The van der Waals surface area contributed by atoms with Crippen molar-refractivity contribution in [2.24, 2.45) is 0 Å². The van der Waals surface area contributed by atoms with Crippen LogP contribution in [0.15, 0.2) is 102 Å². The molecule has 2 unspecified atom stereocenters. The van der Waals surface area contributed by atoms with E-state index in [4.69, 9.17) is 18.9 Å². The van der Waals surface area contributed by atoms with Gasteiger partial charge in [0, 0.05) is 19.4 Å². The first kappa shape index (κ1) is 36.2. The molecule has 8 nitrogen and oxygen atoms in total. The Morgan fingerprint density at radius 3 is 2.06 bits per heavy atom. The Hall–Kier alpha value is -4.12. The van der Waals surface area contributed by atoms with Gasteiger partial charge >= 0.3 is 5.69 Å². The van der Waals surface area contributed by atoms with Crippen molar-refractivity contribution in [3.63, 3.8) is 0 Å². The second-order valence-corrected chi connectivity index (χ2v) is 12.4. The topological polar surface area (TPSA) is 83.8 Å². The molecule has 262 valence electrons. The van der Waals surface area contributed by atoms with Crippen molar-refractivity contribution < 1.29 is 27.7 Å². The van der Waals surface area contributed by atoms with Crippen LogP contribution in [0.1, 0.15) is 69.4 Å². The van der Waals surface area contributed by atoms with Crippen molar-refractivity contribution in [2.45, 2.75) is 82.3 Å². The van der Waals surface area contributed by atoms with Gasteiger partial charge in [-0.1, -0.05) is 99.5 Å². The van der Waals surface area contributed by atoms with Gasteiger partial charge in [-0.3, -0.25) is 4.57 Å². The number of hydrogen-bond acceptors (Lipinski definition) is 7. The summed E-state index contributed by atoms with van der Waals surface area (Å²) in [5.41, 5.74) is -0.819. The van der Waals surface area contributed by atoms with E-state index in [-0.39, 0.29) is 19.0 Å². The monoisotopic (exact) mass is 675 g/mol. The van der Waals surface area contributed by atoms with E-state index in [1.165, 1.54) is 13.1 Å². The summed E-state index contributed by atoms with van der Waals surface area (Å²) < 4.78 is 56.3. The zero-order valence-corrected chi connectivity index (χ0v) is 28.7. The SMILES string of the molecule is CCCCOC[C@@]1(C(C)F)O[C@@H](n2ccc(NC(c3ccccc3)(c3ccccc3)c3ccc(OC)cc3)nc2=O)C(F)[C@@H]1OCCCC. The maximum atomic E-state index is 16.4. The minimum atomic E-state index is -1.85. The third kappa shape index (κ3) is 7.56. The molecule has 5 rings (SSSR count). The molecule has 1 aliphatic rings. The van der Waals surface area contributed by atoms with Crippen molar-refractivity contribution in [1.82, 2.24) is 9.55 Å². The predicted molar refractivity (Wildman–Crippen MR) is 187 cm³/mol. The van der Waals surface area contributed by atoms with Crippen LogP contribution in [-0.4, -0.2) is 60.5 Å². The summed E-state index contributed by atoms with van der Waals surface area (Å²) in [5, 5.41) is 3.56. The average Bonchev–Trinajstić information content (AvgIpc) is 3.41. The predicted octanol–water partition coefficient (Wildman–Crippen LogP) is 7.62. The molecule has 5 atom stereocenters. The molecule has 0 bridgehead atoms. The second kappa shape index (κ2) is 16.5. The molecule has 1 aromatic heterocycles.